The highest BCUT2D eigenvalue weighted by molar-refractivity contribution is 6.38. The molecule has 48 heavy (non-hydrogen) atoms. The Balaban J connectivity index is 2.33. The topological polar surface area (TPSA) is 183 Å². The molecule has 0 radical (unpaired) electrons. The van der Waals surface area contributed by atoms with Crippen molar-refractivity contribution in [3.63, 3.8) is 0 Å². The van der Waals surface area contributed by atoms with Crippen LogP contribution < -0.4 is 21.3 Å². The average molecular weight is 677 g/mol. The number of rotatable bonds is 14. The fourth-order valence-electron chi connectivity index (χ4n) is 5.91. The Bertz CT molecular complexity index is 1220. The van der Waals surface area contributed by atoms with E-state index < -0.39 is 76.3 Å². The number of Topliss-reactive ketones (excluding diaryl/α,β-unsaturated/α-hetero) is 1. The number of ether oxygens (including phenoxy) is 1. The Morgan fingerprint density at radius 2 is 1.56 bits per heavy atom. The lowest BCUT2D eigenvalue weighted by molar-refractivity contribution is -0.159. The Morgan fingerprint density at radius 3 is 2.06 bits per heavy atom. The van der Waals surface area contributed by atoms with Crippen LogP contribution in [0.4, 0.5) is 4.79 Å². The van der Waals surface area contributed by atoms with Gasteiger partial charge in [-0.15, -0.1) is 6.58 Å². The first-order valence-electron chi connectivity index (χ1n) is 16.8. The number of carbonyl (C=O) groups is 7. The van der Waals surface area contributed by atoms with Crippen molar-refractivity contribution in [1.29, 1.82) is 0 Å². The molecule has 0 bridgehead atoms. The number of morpholine rings is 1. The van der Waals surface area contributed by atoms with Gasteiger partial charge in [-0.2, -0.15) is 0 Å². The molecule has 4 N–H and O–H groups in total. The standard InChI is InChI=1S/C34H56N6O8/c1-11-13-22(27(43)30(45)35-15-12-2)36-29(44)26-21(20(3)4)14-16-39(26)31(46)28(34(8,9)10)38-32(47)37-23(33(5,6)7)17-40-24(41)18-48-19-25(40)42/h12,20-23,26,28H,2,11,13-19H2,1,3-10H3,(H,35,45)(H,36,44)(H2,37,38,47)/t21-,22?,23-,26+,28-/m1/s1. The van der Waals surface area contributed by atoms with E-state index in [0.29, 0.717) is 12.8 Å². The van der Waals surface area contributed by atoms with E-state index in [2.05, 4.69) is 27.8 Å². The van der Waals surface area contributed by atoms with Crippen molar-refractivity contribution in [3.8, 4) is 0 Å². The summed E-state index contributed by atoms with van der Waals surface area (Å²) in [5.41, 5.74) is -1.36. The van der Waals surface area contributed by atoms with Gasteiger partial charge in [-0.05, 0) is 35.5 Å². The van der Waals surface area contributed by atoms with Crippen molar-refractivity contribution in [3.05, 3.63) is 12.7 Å². The summed E-state index contributed by atoms with van der Waals surface area (Å²) in [6, 6.07) is -4.40. The lowest BCUT2D eigenvalue weighted by Crippen LogP contribution is -2.63. The minimum atomic E-state index is -1.07. The molecule has 2 aliphatic rings. The second-order valence-corrected chi connectivity index (χ2v) is 15.1. The zero-order valence-corrected chi connectivity index (χ0v) is 30.1. The number of carbonyl (C=O) groups excluding carboxylic acids is 7. The first kappa shape index (κ1) is 40.4. The third-order valence-corrected chi connectivity index (χ3v) is 8.85. The summed E-state index contributed by atoms with van der Waals surface area (Å²) in [6.07, 6.45) is 2.75. The first-order chi connectivity index (χ1) is 22.2. The van der Waals surface area contributed by atoms with Gasteiger partial charge in [0.1, 0.15) is 25.3 Å². The van der Waals surface area contributed by atoms with Crippen LogP contribution in [0.15, 0.2) is 12.7 Å². The number of nitrogens with zero attached hydrogens (tertiary/aromatic N) is 2. The maximum Gasteiger partial charge on any atom is 0.315 e. The van der Waals surface area contributed by atoms with Gasteiger partial charge in [-0.1, -0.05) is 74.8 Å². The van der Waals surface area contributed by atoms with E-state index in [1.165, 1.54) is 11.0 Å². The van der Waals surface area contributed by atoms with E-state index in [1.54, 1.807) is 20.8 Å². The monoisotopic (exact) mass is 676 g/mol. The number of amides is 7. The first-order valence-corrected chi connectivity index (χ1v) is 16.8. The molecule has 0 aromatic carbocycles. The SMILES string of the molecule is C=CCNC(=O)C(=O)C(CCC)NC(=O)[C@@H]1[C@@H](C(C)C)CCN1C(=O)[C@@H](NC(=O)N[C@H](CN1C(=O)COCC1=O)C(C)(C)C)C(C)(C)C. The summed E-state index contributed by atoms with van der Waals surface area (Å²) in [7, 11) is 0. The molecule has 2 saturated heterocycles. The lowest BCUT2D eigenvalue weighted by atomic mass is 9.84. The van der Waals surface area contributed by atoms with Crippen LogP contribution in [-0.2, 0) is 33.5 Å². The van der Waals surface area contributed by atoms with Gasteiger partial charge in [0, 0.05) is 19.6 Å². The normalized spacial score (nSPS) is 20.5. The van der Waals surface area contributed by atoms with Crippen molar-refractivity contribution >= 4 is 41.4 Å². The average Bonchev–Trinajstić information content (AvgIpc) is 3.44. The zero-order chi connectivity index (χ0) is 36.6. The van der Waals surface area contributed by atoms with Crippen LogP contribution in [0.3, 0.4) is 0 Å². The van der Waals surface area contributed by atoms with Gasteiger partial charge < -0.3 is 30.9 Å². The van der Waals surface area contributed by atoms with Crippen molar-refractivity contribution in [1.82, 2.24) is 31.1 Å². The van der Waals surface area contributed by atoms with E-state index in [1.807, 2.05) is 41.5 Å². The summed E-state index contributed by atoms with van der Waals surface area (Å²) in [5.74, 6) is -3.81. The lowest BCUT2D eigenvalue weighted by Gasteiger charge is -2.39. The molecule has 0 aliphatic carbocycles. The molecule has 5 atom stereocenters. The summed E-state index contributed by atoms with van der Waals surface area (Å²) < 4.78 is 5.01. The summed E-state index contributed by atoms with van der Waals surface area (Å²) in [4.78, 5) is 94.5. The highest BCUT2D eigenvalue weighted by atomic mass is 16.5. The maximum atomic E-state index is 14.3. The molecule has 0 aromatic heterocycles. The van der Waals surface area contributed by atoms with Gasteiger partial charge >= 0.3 is 6.03 Å². The Kier molecular flexibility index (Phi) is 14.3. The Hall–Kier alpha value is -3.81. The molecule has 2 heterocycles. The molecule has 0 spiro atoms. The second-order valence-electron chi connectivity index (χ2n) is 15.1. The number of likely N-dealkylation sites (tertiary alicyclic amines) is 1. The van der Waals surface area contributed by atoms with Crippen LogP contribution in [0.2, 0.25) is 0 Å². The number of ketones is 1. The van der Waals surface area contributed by atoms with Gasteiger partial charge in [-0.3, -0.25) is 33.7 Å². The molecule has 2 aliphatic heterocycles. The van der Waals surface area contributed by atoms with E-state index in [9.17, 15) is 33.6 Å². The van der Waals surface area contributed by atoms with Gasteiger partial charge in [0.15, 0.2) is 0 Å². The molecule has 270 valence electrons. The van der Waals surface area contributed by atoms with Crippen LogP contribution >= 0.6 is 0 Å². The molecule has 2 fully saturated rings. The highest BCUT2D eigenvalue weighted by Gasteiger charge is 2.48. The van der Waals surface area contributed by atoms with Crippen molar-refractivity contribution in [2.24, 2.45) is 22.7 Å². The number of imide groups is 1. The van der Waals surface area contributed by atoms with E-state index in [0.717, 1.165) is 4.90 Å². The third-order valence-electron chi connectivity index (χ3n) is 8.85. The predicted octanol–water partition coefficient (Wildman–Crippen LogP) is 1.53. The highest BCUT2D eigenvalue weighted by Crippen LogP contribution is 2.33. The second kappa shape index (κ2) is 17.0. The molecule has 0 aromatic rings. The maximum absolute atomic E-state index is 14.3. The van der Waals surface area contributed by atoms with Crippen LogP contribution in [0.5, 0.6) is 0 Å². The van der Waals surface area contributed by atoms with Crippen LogP contribution in [0, 0.1) is 22.7 Å². The number of urea groups is 1. The van der Waals surface area contributed by atoms with E-state index in [4.69, 9.17) is 4.74 Å². The Labute approximate surface area is 284 Å². The van der Waals surface area contributed by atoms with E-state index >= 15 is 0 Å². The molecule has 2 rings (SSSR count). The van der Waals surface area contributed by atoms with Crippen molar-refractivity contribution in [2.45, 2.75) is 106 Å². The van der Waals surface area contributed by atoms with Crippen LogP contribution in [0.25, 0.3) is 0 Å². The van der Waals surface area contributed by atoms with Gasteiger partial charge in [0.2, 0.25) is 17.6 Å². The van der Waals surface area contributed by atoms with Crippen molar-refractivity contribution < 1.29 is 38.3 Å². The van der Waals surface area contributed by atoms with Crippen LogP contribution in [-0.4, -0.2) is 108 Å². The van der Waals surface area contributed by atoms with Gasteiger partial charge in [-0.25, -0.2) is 4.79 Å². The smallest absolute Gasteiger partial charge is 0.315 e. The minimum absolute atomic E-state index is 0.0114. The molecule has 0 saturated carbocycles. The van der Waals surface area contributed by atoms with Crippen LogP contribution in [0.1, 0.15) is 81.6 Å². The Morgan fingerprint density at radius 1 is 0.958 bits per heavy atom. The summed E-state index contributed by atoms with van der Waals surface area (Å²) >= 11 is 0. The predicted molar refractivity (Wildman–Crippen MR) is 179 cm³/mol. The molecule has 7 amide bonds. The van der Waals surface area contributed by atoms with E-state index in [-0.39, 0.29) is 51.1 Å². The third kappa shape index (κ3) is 10.6. The van der Waals surface area contributed by atoms with Crippen molar-refractivity contribution in [2.75, 3.05) is 32.8 Å². The number of nitrogens with one attached hydrogen (secondary N) is 4. The minimum Gasteiger partial charge on any atom is -0.362 e. The summed E-state index contributed by atoms with van der Waals surface area (Å²) in [6.45, 7) is 20.1. The summed E-state index contributed by atoms with van der Waals surface area (Å²) in [5, 5.41) is 10.9. The molecular formula is C34H56N6O8. The molecule has 14 heteroatoms. The number of hydrogen-bond acceptors (Lipinski definition) is 8. The zero-order valence-electron chi connectivity index (χ0n) is 30.1. The molecular weight excluding hydrogens is 620 g/mol. The molecule has 14 nitrogen and oxygen atoms in total. The van der Waals surface area contributed by atoms with Gasteiger partial charge in [0.05, 0.1) is 12.1 Å². The fraction of sp³-hybridized carbons (Fsp3) is 0.735. The fourth-order valence-corrected chi connectivity index (χ4v) is 5.91. The number of hydrogen-bond donors (Lipinski definition) is 4. The largest absolute Gasteiger partial charge is 0.362 e. The molecule has 1 unspecified atom stereocenters. The quantitative estimate of drug-likeness (QED) is 0.121. The van der Waals surface area contributed by atoms with Gasteiger partial charge in [0.25, 0.3) is 17.7 Å².